The van der Waals surface area contributed by atoms with Crippen LogP contribution in [0.1, 0.15) is 5.56 Å². The highest BCUT2D eigenvalue weighted by atomic mass is 19.1. The van der Waals surface area contributed by atoms with Crippen molar-refractivity contribution in [2.75, 3.05) is 6.67 Å². The summed E-state index contributed by atoms with van der Waals surface area (Å²) < 4.78 is 13.2. The number of rotatable bonds is 2. The van der Waals surface area contributed by atoms with Gasteiger partial charge in [-0.15, -0.1) is 0 Å². The Morgan fingerprint density at radius 3 is 2.85 bits per heavy atom. The molecule has 2 rings (SSSR count). The lowest BCUT2D eigenvalue weighted by molar-refractivity contribution is 0.611. The molecule has 2 N–H and O–H groups in total. The van der Waals surface area contributed by atoms with Gasteiger partial charge in [-0.3, -0.25) is 0 Å². The van der Waals surface area contributed by atoms with Crippen molar-refractivity contribution in [2.24, 2.45) is 0 Å². The molecule has 0 aromatic heterocycles. The number of hydrogen-bond acceptors (Lipinski definition) is 2. The molecule has 1 aromatic rings. The number of allylic oxidation sites excluding steroid dienone is 1. The zero-order valence-corrected chi connectivity index (χ0v) is 7.18. The molecule has 1 aliphatic rings. The van der Waals surface area contributed by atoms with Crippen LogP contribution in [0.2, 0.25) is 0 Å². The van der Waals surface area contributed by atoms with Crippen LogP contribution >= 0.6 is 0 Å². The molecule has 1 aromatic carbocycles. The molecule has 2 nitrogen and oxygen atoms in total. The second-order valence-corrected chi connectivity index (χ2v) is 3.00. The van der Waals surface area contributed by atoms with E-state index in [1.54, 1.807) is 12.1 Å². The van der Waals surface area contributed by atoms with Crippen LogP contribution in [0.4, 0.5) is 4.39 Å². The van der Waals surface area contributed by atoms with E-state index in [1.807, 2.05) is 12.3 Å². The zero-order chi connectivity index (χ0) is 9.10. The molecule has 1 aliphatic heterocycles. The van der Waals surface area contributed by atoms with Crippen molar-refractivity contribution >= 4 is 0 Å². The van der Waals surface area contributed by atoms with E-state index in [2.05, 4.69) is 10.6 Å². The van der Waals surface area contributed by atoms with Gasteiger partial charge in [-0.1, -0.05) is 18.2 Å². The van der Waals surface area contributed by atoms with Crippen LogP contribution in [0.5, 0.6) is 0 Å². The summed E-state index contributed by atoms with van der Waals surface area (Å²) in [6.07, 6.45) is 2.51. The Bertz CT molecular complexity index is 333. The van der Waals surface area contributed by atoms with Gasteiger partial charge >= 0.3 is 0 Å². The number of nitrogens with one attached hydrogen (secondary N) is 2. The summed E-state index contributed by atoms with van der Waals surface area (Å²) in [7, 11) is 0. The SMILES string of the molecule is Fc1ccccc1CC1=CNCN1. The maximum absolute atomic E-state index is 13.2. The minimum Gasteiger partial charge on any atom is -0.372 e. The average Bonchev–Trinajstić information content (AvgIpc) is 2.61. The highest BCUT2D eigenvalue weighted by Crippen LogP contribution is 2.11. The van der Waals surface area contributed by atoms with Gasteiger partial charge in [0.05, 0.1) is 6.67 Å². The Morgan fingerprint density at radius 2 is 2.15 bits per heavy atom. The van der Waals surface area contributed by atoms with Crippen LogP contribution in [0.25, 0.3) is 0 Å². The van der Waals surface area contributed by atoms with Crippen molar-refractivity contribution in [3.8, 4) is 0 Å². The molecular weight excluding hydrogens is 167 g/mol. The van der Waals surface area contributed by atoms with Gasteiger partial charge in [0.15, 0.2) is 0 Å². The maximum atomic E-state index is 13.2. The van der Waals surface area contributed by atoms with E-state index in [4.69, 9.17) is 0 Å². The molecule has 0 unspecified atom stereocenters. The second-order valence-electron chi connectivity index (χ2n) is 3.00. The fourth-order valence-electron chi connectivity index (χ4n) is 1.35. The third kappa shape index (κ3) is 1.80. The van der Waals surface area contributed by atoms with Crippen LogP contribution < -0.4 is 10.6 Å². The number of benzene rings is 1. The summed E-state index contributed by atoms with van der Waals surface area (Å²) in [6.45, 7) is 0.740. The van der Waals surface area contributed by atoms with Crippen molar-refractivity contribution in [3.05, 3.63) is 47.5 Å². The van der Waals surface area contributed by atoms with E-state index >= 15 is 0 Å². The standard InChI is InChI=1S/C10H11FN2/c11-10-4-2-1-3-8(10)5-9-6-12-7-13-9/h1-4,6,12-13H,5,7H2. The van der Waals surface area contributed by atoms with Gasteiger partial charge in [-0.2, -0.15) is 0 Å². The van der Waals surface area contributed by atoms with Gasteiger partial charge in [0.1, 0.15) is 5.82 Å². The summed E-state index contributed by atoms with van der Waals surface area (Å²) >= 11 is 0. The topological polar surface area (TPSA) is 24.1 Å². The molecule has 3 heteroatoms. The lowest BCUT2D eigenvalue weighted by Gasteiger charge is -2.03. The van der Waals surface area contributed by atoms with Crippen LogP contribution in [0.15, 0.2) is 36.2 Å². The van der Waals surface area contributed by atoms with Crippen molar-refractivity contribution < 1.29 is 4.39 Å². The zero-order valence-electron chi connectivity index (χ0n) is 7.18. The largest absolute Gasteiger partial charge is 0.372 e. The average molecular weight is 178 g/mol. The molecule has 0 saturated heterocycles. The Hall–Kier alpha value is -1.51. The fourth-order valence-corrected chi connectivity index (χ4v) is 1.35. The van der Waals surface area contributed by atoms with Gasteiger partial charge in [0, 0.05) is 18.3 Å². The number of hydrogen-bond donors (Lipinski definition) is 2. The molecule has 0 fully saturated rings. The van der Waals surface area contributed by atoms with Gasteiger partial charge in [0.2, 0.25) is 0 Å². The molecule has 0 bridgehead atoms. The van der Waals surface area contributed by atoms with Crippen LogP contribution in [0.3, 0.4) is 0 Å². The molecule has 0 atom stereocenters. The fraction of sp³-hybridized carbons (Fsp3) is 0.200. The highest BCUT2D eigenvalue weighted by Gasteiger charge is 2.06. The molecule has 0 radical (unpaired) electrons. The Kier molecular flexibility index (Phi) is 2.17. The van der Waals surface area contributed by atoms with E-state index in [0.717, 1.165) is 17.9 Å². The van der Waals surface area contributed by atoms with Crippen molar-refractivity contribution in [3.63, 3.8) is 0 Å². The first-order chi connectivity index (χ1) is 6.36. The van der Waals surface area contributed by atoms with E-state index in [0.29, 0.717) is 6.42 Å². The quantitative estimate of drug-likeness (QED) is 0.714. The summed E-state index contributed by atoms with van der Waals surface area (Å²) in [4.78, 5) is 0. The second kappa shape index (κ2) is 3.47. The highest BCUT2D eigenvalue weighted by molar-refractivity contribution is 5.23. The normalized spacial score (nSPS) is 14.7. The smallest absolute Gasteiger partial charge is 0.126 e. The molecule has 0 aliphatic carbocycles. The third-order valence-electron chi connectivity index (χ3n) is 2.03. The van der Waals surface area contributed by atoms with Crippen LogP contribution in [-0.4, -0.2) is 6.67 Å². The first-order valence-electron chi connectivity index (χ1n) is 4.26. The van der Waals surface area contributed by atoms with E-state index in [9.17, 15) is 4.39 Å². The monoisotopic (exact) mass is 178 g/mol. The molecule has 0 saturated carbocycles. The first-order valence-corrected chi connectivity index (χ1v) is 4.26. The maximum Gasteiger partial charge on any atom is 0.126 e. The third-order valence-corrected chi connectivity index (χ3v) is 2.03. The minimum atomic E-state index is -0.142. The summed E-state index contributed by atoms with van der Waals surface area (Å²) in [5, 5.41) is 6.13. The Balaban J connectivity index is 2.13. The molecule has 1 heterocycles. The Labute approximate surface area is 76.5 Å². The summed E-state index contributed by atoms with van der Waals surface area (Å²) in [5.74, 6) is -0.142. The first kappa shape index (κ1) is 8.10. The predicted octanol–water partition coefficient (Wildman–Crippen LogP) is 1.36. The lowest BCUT2D eigenvalue weighted by atomic mass is 10.1. The van der Waals surface area contributed by atoms with Crippen molar-refractivity contribution in [1.82, 2.24) is 10.6 Å². The summed E-state index contributed by atoms with van der Waals surface area (Å²) in [6, 6.07) is 6.84. The van der Waals surface area contributed by atoms with E-state index in [1.165, 1.54) is 6.07 Å². The van der Waals surface area contributed by atoms with E-state index in [-0.39, 0.29) is 5.82 Å². The Morgan fingerprint density at radius 1 is 1.31 bits per heavy atom. The molecular formula is C10H11FN2. The molecule has 68 valence electrons. The molecule has 0 amide bonds. The summed E-state index contributed by atoms with van der Waals surface area (Å²) in [5.41, 5.74) is 1.76. The van der Waals surface area contributed by atoms with E-state index < -0.39 is 0 Å². The van der Waals surface area contributed by atoms with Gasteiger partial charge in [-0.05, 0) is 11.6 Å². The molecule has 0 spiro atoms. The van der Waals surface area contributed by atoms with Crippen LogP contribution in [0, 0.1) is 5.82 Å². The van der Waals surface area contributed by atoms with Crippen LogP contribution in [-0.2, 0) is 6.42 Å². The van der Waals surface area contributed by atoms with Crippen molar-refractivity contribution in [2.45, 2.75) is 6.42 Å². The molecule has 13 heavy (non-hydrogen) atoms. The number of halogens is 1. The van der Waals surface area contributed by atoms with Crippen molar-refractivity contribution in [1.29, 1.82) is 0 Å². The van der Waals surface area contributed by atoms with Gasteiger partial charge in [0.25, 0.3) is 0 Å². The predicted molar refractivity (Wildman–Crippen MR) is 49.3 cm³/mol. The lowest BCUT2D eigenvalue weighted by Crippen LogP contribution is -2.15. The minimum absolute atomic E-state index is 0.142. The van der Waals surface area contributed by atoms with Gasteiger partial charge < -0.3 is 10.6 Å². The van der Waals surface area contributed by atoms with Gasteiger partial charge in [-0.25, -0.2) is 4.39 Å².